The third-order valence-electron chi connectivity index (χ3n) is 7.92. The molecule has 0 radical (unpaired) electrons. The van der Waals surface area contributed by atoms with E-state index in [-0.39, 0.29) is 6.61 Å². The Balaban J connectivity index is 1.28. The molecule has 3 aromatic carbocycles. The summed E-state index contributed by atoms with van der Waals surface area (Å²) < 4.78 is 6.08. The van der Waals surface area contributed by atoms with Gasteiger partial charge in [-0.25, -0.2) is 0 Å². The summed E-state index contributed by atoms with van der Waals surface area (Å²) in [5, 5.41) is 25.1. The molecule has 36 heavy (non-hydrogen) atoms. The van der Waals surface area contributed by atoms with Crippen LogP contribution in [0.5, 0.6) is 5.75 Å². The summed E-state index contributed by atoms with van der Waals surface area (Å²) in [7, 11) is 0. The zero-order chi connectivity index (χ0) is 24.8. The smallest absolute Gasteiger partial charge is 0.120 e. The Bertz CT molecular complexity index is 1120. The van der Waals surface area contributed by atoms with Gasteiger partial charge in [-0.1, -0.05) is 74.6 Å². The van der Waals surface area contributed by atoms with E-state index in [0.717, 1.165) is 34.7 Å². The van der Waals surface area contributed by atoms with E-state index in [1.54, 1.807) is 0 Å². The molecular weight excluding hydrogens is 446 g/mol. The standard InChI is InChI=1S/C32H39NO3/c34-23-32(35,19-18-24-8-3-1-4-9-24)27-12-7-13-28(20-27)33-31-17-16-29(21-30(31)26-14-15-26)36-22-25-10-5-2-6-11-25/h2,5-7,10-13,16-17,20-21,24,26,33-35H,1,3-4,8-9,14-15,18-19,22-23H2. The van der Waals surface area contributed by atoms with Gasteiger partial charge in [0, 0.05) is 11.4 Å². The first-order valence-corrected chi connectivity index (χ1v) is 13.6. The lowest BCUT2D eigenvalue weighted by Crippen LogP contribution is -2.31. The minimum atomic E-state index is -1.20. The highest BCUT2D eigenvalue weighted by atomic mass is 16.5. The molecule has 0 amide bonds. The number of anilines is 2. The molecule has 2 aliphatic rings. The van der Waals surface area contributed by atoms with Crippen molar-refractivity contribution in [1.82, 2.24) is 0 Å². The molecule has 5 rings (SSSR count). The maximum Gasteiger partial charge on any atom is 0.120 e. The van der Waals surface area contributed by atoms with Gasteiger partial charge in [0.15, 0.2) is 0 Å². The number of rotatable bonds is 11. The predicted octanol–water partition coefficient (Wildman–Crippen LogP) is 7.43. The van der Waals surface area contributed by atoms with Crippen LogP contribution in [0, 0.1) is 5.92 Å². The SMILES string of the molecule is OCC(O)(CCC1CCCCC1)c1cccc(Nc2ccc(OCc3ccccc3)cc2C2CC2)c1. The van der Waals surface area contributed by atoms with Crippen LogP contribution < -0.4 is 10.1 Å². The molecule has 190 valence electrons. The van der Waals surface area contributed by atoms with Crippen molar-refractivity contribution in [2.75, 3.05) is 11.9 Å². The first-order valence-electron chi connectivity index (χ1n) is 13.6. The number of benzene rings is 3. The lowest BCUT2D eigenvalue weighted by atomic mass is 9.81. The molecule has 2 saturated carbocycles. The van der Waals surface area contributed by atoms with E-state index >= 15 is 0 Å². The summed E-state index contributed by atoms with van der Waals surface area (Å²) in [6, 6.07) is 24.4. The van der Waals surface area contributed by atoms with Gasteiger partial charge in [0.1, 0.15) is 18.0 Å². The van der Waals surface area contributed by atoms with Crippen molar-refractivity contribution in [2.45, 2.75) is 75.9 Å². The Morgan fingerprint density at radius 2 is 1.67 bits per heavy atom. The van der Waals surface area contributed by atoms with E-state index < -0.39 is 5.60 Å². The minimum absolute atomic E-state index is 0.260. The summed E-state index contributed by atoms with van der Waals surface area (Å²) in [4.78, 5) is 0. The summed E-state index contributed by atoms with van der Waals surface area (Å²) in [5.41, 5.74) is 4.02. The third-order valence-corrected chi connectivity index (χ3v) is 7.92. The molecule has 3 aromatic rings. The highest BCUT2D eigenvalue weighted by Gasteiger charge is 2.30. The monoisotopic (exact) mass is 485 g/mol. The van der Waals surface area contributed by atoms with Crippen LogP contribution in [-0.4, -0.2) is 16.8 Å². The van der Waals surface area contributed by atoms with E-state index in [2.05, 4.69) is 29.6 Å². The maximum absolute atomic E-state index is 11.4. The van der Waals surface area contributed by atoms with Crippen LogP contribution in [0.1, 0.15) is 80.4 Å². The van der Waals surface area contributed by atoms with Crippen LogP contribution in [0.15, 0.2) is 72.8 Å². The second-order valence-corrected chi connectivity index (χ2v) is 10.7. The topological polar surface area (TPSA) is 61.7 Å². The van der Waals surface area contributed by atoms with Gasteiger partial charge in [-0.3, -0.25) is 0 Å². The number of aliphatic hydroxyl groups excluding tert-OH is 1. The van der Waals surface area contributed by atoms with Crippen molar-refractivity contribution in [3.8, 4) is 5.75 Å². The van der Waals surface area contributed by atoms with Crippen molar-refractivity contribution >= 4 is 11.4 Å². The molecule has 0 saturated heterocycles. The lowest BCUT2D eigenvalue weighted by molar-refractivity contribution is -0.0315. The first-order chi connectivity index (χ1) is 17.6. The highest BCUT2D eigenvalue weighted by molar-refractivity contribution is 5.66. The Hall–Kier alpha value is -2.82. The third kappa shape index (κ3) is 6.29. The van der Waals surface area contributed by atoms with Gasteiger partial charge in [0.25, 0.3) is 0 Å². The average molecular weight is 486 g/mol. The second-order valence-electron chi connectivity index (χ2n) is 10.7. The van der Waals surface area contributed by atoms with Gasteiger partial charge in [-0.15, -0.1) is 0 Å². The van der Waals surface area contributed by atoms with Gasteiger partial charge in [-0.2, -0.15) is 0 Å². The minimum Gasteiger partial charge on any atom is -0.489 e. The molecule has 0 spiro atoms. The van der Waals surface area contributed by atoms with Crippen LogP contribution in [-0.2, 0) is 12.2 Å². The first kappa shape index (κ1) is 24.9. The average Bonchev–Trinajstić information content (AvgIpc) is 3.78. The molecule has 3 N–H and O–H groups in total. The fourth-order valence-corrected chi connectivity index (χ4v) is 5.49. The lowest BCUT2D eigenvalue weighted by Gasteiger charge is -2.30. The van der Waals surface area contributed by atoms with Crippen LogP contribution >= 0.6 is 0 Å². The van der Waals surface area contributed by atoms with Gasteiger partial charge in [0.05, 0.1) is 6.61 Å². The van der Waals surface area contributed by atoms with Crippen LogP contribution in [0.3, 0.4) is 0 Å². The zero-order valence-corrected chi connectivity index (χ0v) is 21.2. The van der Waals surface area contributed by atoms with Gasteiger partial charge in [0.2, 0.25) is 0 Å². The normalized spacial score (nSPS) is 17.9. The van der Waals surface area contributed by atoms with Crippen molar-refractivity contribution < 1.29 is 14.9 Å². The number of hydrogen-bond donors (Lipinski definition) is 3. The van der Waals surface area contributed by atoms with Crippen LogP contribution in [0.25, 0.3) is 0 Å². The van der Waals surface area contributed by atoms with Gasteiger partial charge in [-0.05, 0) is 84.5 Å². The van der Waals surface area contributed by atoms with Crippen LogP contribution in [0.4, 0.5) is 11.4 Å². The predicted molar refractivity (Wildman–Crippen MR) is 146 cm³/mol. The molecular formula is C32H39NO3. The highest BCUT2D eigenvalue weighted by Crippen LogP contribution is 2.45. The van der Waals surface area contributed by atoms with E-state index in [0.29, 0.717) is 24.9 Å². The van der Waals surface area contributed by atoms with E-state index in [4.69, 9.17) is 4.74 Å². The molecule has 1 unspecified atom stereocenters. The fraction of sp³-hybridized carbons (Fsp3) is 0.438. The molecule has 1 atom stereocenters. The Labute approximate surface area is 215 Å². The molecule has 2 fully saturated rings. The molecule has 4 heteroatoms. The molecule has 0 aliphatic heterocycles. The second kappa shape index (κ2) is 11.5. The van der Waals surface area contributed by atoms with Crippen LogP contribution in [0.2, 0.25) is 0 Å². The van der Waals surface area contributed by atoms with Crippen molar-refractivity contribution in [3.05, 3.63) is 89.5 Å². The van der Waals surface area contributed by atoms with Crippen molar-refractivity contribution in [2.24, 2.45) is 5.92 Å². The Kier molecular flexibility index (Phi) is 7.93. The molecule has 0 heterocycles. The maximum atomic E-state index is 11.4. The van der Waals surface area contributed by atoms with Gasteiger partial charge < -0.3 is 20.3 Å². The largest absolute Gasteiger partial charge is 0.489 e. The van der Waals surface area contributed by atoms with E-state index in [9.17, 15) is 10.2 Å². The van der Waals surface area contributed by atoms with Crippen molar-refractivity contribution in [3.63, 3.8) is 0 Å². The molecule has 2 aliphatic carbocycles. The number of nitrogens with one attached hydrogen (secondary N) is 1. The van der Waals surface area contributed by atoms with E-state index in [1.807, 2.05) is 48.5 Å². The summed E-state index contributed by atoms with van der Waals surface area (Å²) in [6.45, 7) is 0.296. The number of ether oxygens (including phenoxy) is 1. The Morgan fingerprint density at radius 1 is 0.861 bits per heavy atom. The molecule has 0 aromatic heterocycles. The summed E-state index contributed by atoms with van der Waals surface area (Å²) in [6.07, 6.45) is 10.4. The Morgan fingerprint density at radius 3 is 2.42 bits per heavy atom. The van der Waals surface area contributed by atoms with E-state index in [1.165, 1.54) is 50.5 Å². The number of hydrogen-bond acceptors (Lipinski definition) is 4. The van der Waals surface area contributed by atoms with Gasteiger partial charge >= 0.3 is 0 Å². The van der Waals surface area contributed by atoms with Crippen molar-refractivity contribution in [1.29, 1.82) is 0 Å². The molecule has 4 nitrogen and oxygen atoms in total. The summed E-state index contributed by atoms with van der Waals surface area (Å²) in [5.74, 6) is 2.11. The summed E-state index contributed by atoms with van der Waals surface area (Å²) >= 11 is 0. The fourth-order valence-electron chi connectivity index (χ4n) is 5.49. The zero-order valence-electron chi connectivity index (χ0n) is 21.2. The number of aliphatic hydroxyl groups is 2. The quantitative estimate of drug-likeness (QED) is 0.264. The molecule has 0 bridgehead atoms.